The predicted octanol–water partition coefficient (Wildman–Crippen LogP) is 7.35. The van der Waals surface area contributed by atoms with Crippen LogP contribution in [0.5, 0.6) is 23.1 Å². The third kappa shape index (κ3) is 12.7. The van der Waals surface area contributed by atoms with Gasteiger partial charge in [0.05, 0.1) is 46.0 Å². The lowest BCUT2D eigenvalue weighted by Gasteiger charge is -2.13. The van der Waals surface area contributed by atoms with Crippen molar-refractivity contribution in [2.45, 2.75) is 37.8 Å². The zero-order valence-electron chi connectivity index (χ0n) is 40.6. The van der Waals surface area contributed by atoms with E-state index in [-0.39, 0.29) is 39.4 Å². The summed E-state index contributed by atoms with van der Waals surface area (Å²) in [5, 5.41) is 56.5. The summed E-state index contributed by atoms with van der Waals surface area (Å²) in [6.07, 6.45) is -0.280. The second kappa shape index (κ2) is 21.6. The van der Waals surface area contributed by atoms with Crippen molar-refractivity contribution in [2.24, 2.45) is 30.7 Å². The van der Waals surface area contributed by atoms with Gasteiger partial charge in [-0.2, -0.15) is 60.3 Å². The van der Waals surface area contributed by atoms with Crippen molar-refractivity contribution in [3.63, 3.8) is 0 Å². The number of carbonyl (C=O) groups is 1. The third-order valence-corrected chi connectivity index (χ3v) is 17.4. The van der Waals surface area contributed by atoms with Gasteiger partial charge in [-0.3, -0.25) is 27.3 Å². The van der Waals surface area contributed by atoms with E-state index in [1.807, 2.05) is 0 Å². The molecule has 6 aromatic carbocycles. The van der Waals surface area contributed by atoms with Crippen molar-refractivity contribution >= 4 is 143 Å². The highest BCUT2D eigenvalue weighted by Gasteiger charge is 2.31. The Morgan fingerprint density at radius 3 is 1.85 bits per heavy atom. The Balaban J connectivity index is 1.24. The van der Waals surface area contributed by atoms with Gasteiger partial charge < -0.3 is 24.8 Å². The quantitative estimate of drug-likeness (QED) is 0.0217. The number of aromatic hydroxyl groups is 2. The lowest BCUT2D eigenvalue weighted by atomic mass is 10.1. The molecule has 0 spiro atoms. The van der Waals surface area contributed by atoms with Gasteiger partial charge in [0.1, 0.15) is 48.1 Å². The molecule has 2 aromatic heterocycles. The molecule has 33 nitrogen and oxygen atoms in total. The number of nitrogens with zero attached hydrogens (tertiary/aromatic N) is 9. The lowest BCUT2D eigenvalue weighted by molar-refractivity contribution is 0.0690. The Morgan fingerprint density at radius 2 is 1.24 bits per heavy atom. The SMILES string of the molecule is COc1ccc2nc(N=Nc3cc(OCCCS(=O)(=O)O)c(N=Nc4c(S(=O)(=O)O)cc5c(S(=O)(=O)O)c(N=Nc6c(C(=O)O)nn(-c7cc(S(=O)(=O)O)c8cc(S(=O)(=O)O)cc(S(=O)(=O)O)c8c7)c6O)ccc5c4O)cc3C)sc2c1. The summed E-state index contributed by atoms with van der Waals surface area (Å²) in [5.74, 6) is -5.17. The average Bonchev–Trinajstić information content (AvgIpc) is 1.42. The maximum Gasteiger partial charge on any atom is 0.358 e. The van der Waals surface area contributed by atoms with Crippen LogP contribution in [0.4, 0.5) is 33.6 Å². The minimum Gasteiger partial charge on any atom is -0.505 e. The Morgan fingerprint density at radius 1 is 0.622 bits per heavy atom. The summed E-state index contributed by atoms with van der Waals surface area (Å²) in [6.45, 7) is 1.12. The number of hydrogen-bond donors (Lipinski definition) is 9. The molecule has 432 valence electrons. The number of carboxylic acid groups (broad SMARTS) is 1. The van der Waals surface area contributed by atoms with E-state index in [1.54, 1.807) is 18.2 Å². The Kier molecular flexibility index (Phi) is 15.8. The first-order chi connectivity index (χ1) is 37.9. The fourth-order valence-electron chi connectivity index (χ4n) is 7.65. The van der Waals surface area contributed by atoms with Crippen LogP contribution in [0.2, 0.25) is 0 Å². The van der Waals surface area contributed by atoms with Gasteiger partial charge in [0, 0.05) is 27.6 Å². The molecule has 0 fully saturated rings. The molecule has 82 heavy (non-hydrogen) atoms. The van der Waals surface area contributed by atoms with Crippen LogP contribution >= 0.6 is 11.3 Å². The Labute approximate surface area is 463 Å². The van der Waals surface area contributed by atoms with Crippen LogP contribution in [0.1, 0.15) is 22.5 Å². The predicted molar refractivity (Wildman–Crippen MR) is 281 cm³/mol. The Bertz CT molecular complexity index is 4870. The molecule has 8 rings (SSSR count). The summed E-state index contributed by atoms with van der Waals surface area (Å²) in [5.41, 5.74) is -4.81. The van der Waals surface area contributed by atoms with E-state index < -0.39 is 165 Å². The number of aryl methyl sites for hydroxylation is 1. The zero-order valence-corrected chi connectivity index (χ0v) is 46.3. The van der Waals surface area contributed by atoms with Crippen molar-refractivity contribution in [1.82, 2.24) is 14.8 Å². The summed E-state index contributed by atoms with van der Waals surface area (Å²) in [4.78, 5) is 9.96. The van der Waals surface area contributed by atoms with Crippen LogP contribution in [0.15, 0.2) is 128 Å². The topological polar surface area (TPSA) is 527 Å². The second-order valence-electron chi connectivity index (χ2n) is 16.7. The van der Waals surface area contributed by atoms with E-state index in [0.717, 1.165) is 17.4 Å². The van der Waals surface area contributed by atoms with Crippen molar-refractivity contribution in [3.05, 3.63) is 84.1 Å². The summed E-state index contributed by atoms with van der Waals surface area (Å²) >= 11 is 1.16. The highest BCUT2D eigenvalue weighted by atomic mass is 32.2. The molecule has 8 aromatic rings. The molecule has 40 heteroatoms. The highest BCUT2D eigenvalue weighted by molar-refractivity contribution is 7.87. The normalized spacial score (nSPS) is 13.2. The smallest absolute Gasteiger partial charge is 0.358 e. The zero-order chi connectivity index (χ0) is 60.4. The first-order valence-corrected chi connectivity index (χ1v) is 31.4. The monoisotopic (exact) mass is 1270 g/mol. The van der Waals surface area contributed by atoms with Gasteiger partial charge in [-0.1, -0.05) is 11.3 Å². The number of phenolic OH excluding ortho intramolecular Hbond substituents is 1. The first-order valence-electron chi connectivity index (χ1n) is 21.7. The molecule has 0 saturated carbocycles. The maximum absolute atomic E-state index is 13.1. The molecule has 2 heterocycles. The van der Waals surface area contributed by atoms with Gasteiger partial charge in [0.25, 0.3) is 60.7 Å². The number of methoxy groups -OCH3 is 1. The van der Waals surface area contributed by atoms with E-state index in [9.17, 15) is 97.9 Å². The number of carboxylic acids is 1. The van der Waals surface area contributed by atoms with Crippen LogP contribution in [-0.2, 0) is 60.7 Å². The molecule has 0 aliphatic rings. The van der Waals surface area contributed by atoms with Crippen molar-refractivity contribution in [1.29, 1.82) is 0 Å². The molecule has 9 N–H and O–H groups in total. The first kappa shape index (κ1) is 60.0. The molecular weight excluding hydrogens is 1240 g/mol. The van der Waals surface area contributed by atoms with E-state index in [4.69, 9.17) is 9.47 Å². The minimum absolute atomic E-state index is 0.124. The number of rotatable bonds is 19. The number of thiazole rings is 1. The minimum atomic E-state index is -5.71. The van der Waals surface area contributed by atoms with Gasteiger partial charge in [0.2, 0.25) is 16.7 Å². The lowest BCUT2D eigenvalue weighted by Crippen LogP contribution is -2.09. The van der Waals surface area contributed by atoms with E-state index in [2.05, 4.69) is 40.8 Å². The molecule has 0 aliphatic heterocycles. The van der Waals surface area contributed by atoms with E-state index in [0.29, 0.717) is 51.9 Å². The number of azo groups is 3. The van der Waals surface area contributed by atoms with Gasteiger partial charge >= 0.3 is 5.97 Å². The number of ether oxygens (including phenoxy) is 2. The van der Waals surface area contributed by atoms with Crippen molar-refractivity contribution in [2.75, 3.05) is 19.5 Å². The van der Waals surface area contributed by atoms with Gasteiger partial charge in [-0.25, -0.2) is 9.78 Å². The molecule has 0 atom stereocenters. The number of fused-ring (bicyclic) bond motifs is 3. The van der Waals surface area contributed by atoms with Crippen LogP contribution in [0.25, 0.3) is 37.4 Å². The largest absolute Gasteiger partial charge is 0.505 e. The number of benzene rings is 6. The standard InChI is InChI=1S/C42H33N9O24S7/c1-18-10-29(30(75-8-3-9-77(56,57)58)17-28(18)45-49-42-43-26-6-4-20(74-2)13-31(26)76-42)46-47-35-34(81(68,69)70)16-25-22(38(35)52)5-7-27(39(25)82(71,72)73)44-48-36-37(41(54)55)50-51(40(36)53)19-11-23-24(32(12-19)79(62,63)64)14-21(78(59,60)61)15-33(23)80(65,66)67/h4-7,10-17,52-53H,3,8-9H2,1-2H3,(H,54,55)(H,56,57,58)(H,59,60,61)(H,62,63,64)(H,65,66,67)(H,68,69,70)(H,71,72,73). The van der Waals surface area contributed by atoms with Crippen LogP contribution < -0.4 is 9.47 Å². The average molecular weight is 1270 g/mol. The molecule has 0 amide bonds. The third-order valence-electron chi connectivity index (χ3n) is 11.2. The summed E-state index contributed by atoms with van der Waals surface area (Å²) in [7, 11) is -30.8. The number of aromatic nitrogens is 3. The number of aromatic carboxylic acids is 1. The van der Waals surface area contributed by atoms with Gasteiger partial charge in [0.15, 0.2) is 11.4 Å². The number of phenols is 1. The van der Waals surface area contributed by atoms with Crippen LogP contribution in [0.3, 0.4) is 0 Å². The molecule has 0 aliphatic carbocycles. The summed E-state index contributed by atoms with van der Waals surface area (Å²) < 4.78 is 221. The molecule has 0 unspecified atom stereocenters. The fraction of sp³-hybridized carbons (Fsp3) is 0.119. The fourth-order valence-corrected chi connectivity index (χ4v) is 12.5. The molecule has 0 radical (unpaired) electrons. The van der Waals surface area contributed by atoms with E-state index >= 15 is 0 Å². The van der Waals surface area contributed by atoms with Crippen LogP contribution in [0, 0.1) is 6.92 Å². The number of hydrogen-bond acceptors (Lipinski definition) is 26. The van der Waals surface area contributed by atoms with Crippen LogP contribution in [-0.4, -0.2) is 133 Å². The van der Waals surface area contributed by atoms with Crippen molar-refractivity contribution < 1.29 is 107 Å². The molecule has 0 bridgehead atoms. The van der Waals surface area contributed by atoms with Gasteiger partial charge in [-0.15, -0.1) is 30.7 Å². The Hall–Kier alpha value is -8.13. The maximum atomic E-state index is 13.1. The molecular formula is C42H33N9O24S7. The second-order valence-corrected chi connectivity index (χ2v) is 26.2. The van der Waals surface area contributed by atoms with Crippen molar-refractivity contribution in [3.8, 4) is 28.8 Å². The van der Waals surface area contributed by atoms with E-state index in [1.165, 1.54) is 26.2 Å². The molecule has 0 saturated heterocycles. The summed E-state index contributed by atoms with van der Waals surface area (Å²) in [6, 6.07) is 11.0. The van der Waals surface area contributed by atoms with Gasteiger partial charge in [-0.05, 0) is 85.6 Å². The highest BCUT2D eigenvalue weighted by Crippen LogP contribution is 2.47.